The van der Waals surface area contributed by atoms with E-state index < -0.39 is 0 Å². The summed E-state index contributed by atoms with van der Waals surface area (Å²) in [5.74, 6) is 2.10. The van der Waals surface area contributed by atoms with Crippen LogP contribution < -0.4 is 11.1 Å². The molecule has 5 nitrogen and oxygen atoms in total. The molecule has 2 heterocycles. The van der Waals surface area contributed by atoms with Crippen LogP contribution in [0.3, 0.4) is 0 Å². The molecule has 0 aromatic rings. The van der Waals surface area contributed by atoms with Gasteiger partial charge in [-0.3, -0.25) is 14.8 Å². The molecule has 2 fully saturated rings. The molecule has 24 heavy (non-hydrogen) atoms. The third-order valence-electron chi connectivity index (χ3n) is 5.93. The maximum atomic E-state index is 6.14. The highest BCUT2D eigenvalue weighted by Crippen LogP contribution is 2.21. The fraction of sp³-hybridized carbons (Fsp3) is 0.947. The van der Waals surface area contributed by atoms with Gasteiger partial charge in [0.25, 0.3) is 0 Å². The molecule has 0 aromatic carbocycles. The van der Waals surface area contributed by atoms with Crippen LogP contribution in [0.1, 0.15) is 53.4 Å². The van der Waals surface area contributed by atoms with Crippen LogP contribution in [0.4, 0.5) is 0 Å². The largest absolute Gasteiger partial charge is 0.370 e. The Labute approximate surface area is 149 Å². The average Bonchev–Trinajstić information content (AvgIpc) is 3.02. The van der Waals surface area contributed by atoms with Crippen LogP contribution in [0.5, 0.6) is 0 Å². The molecular weight excluding hydrogens is 298 g/mol. The van der Waals surface area contributed by atoms with Gasteiger partial charge in [0.2, 0.25) is 0 Å². The maximum absolute atomic E-state index is 6.14. The highest BCUT2D eigenvalue weighted by Gasteiger charge is 2.26. The van der Waals surface area contributed by atoms with E-state index >= 15 is 0 Å². The van der Waals surface area contributed by atoms with Gasteiger partial charge >= 0.3 is 0 Å². The molecular formula is C19H39N5. The zero-order valence-corrected chi connectivity index (χ0v) is 16.3. The van der Waals surface area contributed by atoms with E-state index in [1.165, 1.54) is 45.3 Å². The van der Waals surface area contributed by atoms with E-state index in [2.05, 4.69) is 47.8 Å². The lowest BCUT2D eigenvalue weighted by Crippen LogP contribution is -2.47. The van der Waals surface area contributed by atoms with Crippen LogP contribution in [-0.4, -0.2) is 67.1 Å². The number of nitrogens with zero attached hydrogens (tertiary/aromatic N) is 3. The van der Waals surface area contributed by atoms with Gasteiger partial charge in [-0.15, -0.1) is 0 Å². The molecule has 2 rings (SSSR count). The van der Waals surface area contributed by atoms with Crippen molar-refractivity contribution in [1.82, 2.24) is 15.1 Å². The van der Waals surface area contributed by atoms with Crippen LogP contribution >= 0.6 is 0 Å². The van der Waals surface area contributed by atoms with Gasteiger partial charge in [-0.05, 0) is 63.7 Å². The van der Waals surface area contributed by atoms with Gasteiger partial charge in [0.15, 0.2) is 5.96 Å². The summed E-state index contributed by atoms with van der Waals surface area (Å²) in [6, 6.07) is 1.13. The van der Waals surface area contributed by atoms with Gasteiger partial charge < -0.3 is 11.1 Å². The number of hydrogen-bond donors (Lipinski definition) is 2. The minimum absolute atomic E-state index is 0.511. The first-order valence-corrected chi connectivity index (χ1v) is 10.0. The topological polar surface area (TPSA) is 56.9 Å². The van der Waals surface area contributed by atoms with Crippen molar-refractivity contribution < 1.29 is 0 Å². The first-order valence-electron chi connectivity index (χ1n) is 10.0. The molecule has 0 bridgehead atoms. The summed E-state index contributed by atoms with van der Waals surface area (Å²) in [6.45, 7) is 15.7. The Bertz CT molecular complexity index is 387. The van der Waals surface area contributed by atoms with Crippen LogP contribution in [-0.2, 0) is 0 Å². The number of aliphatic imine (C=N–C) groups is 1. The van der Waals surface area contributed by atoms with Gasteiger partial charge in [0.05, 0.1) is 6.54 Å². The molecule has 2 unspecified atom stereocenters. The SMILES string of the molecule is CCN1CCCC1CNC(N)=NCC(C(C)C)N1CCC(C)CC1. The van der Waals surface area contributed by atoms with Crippen molar-refractivity contribution in [2.24, 2.45) is 22.6 Å². The molecule has 0 aromatic heterocycles. The van der Waals surface area contributed by atoms with Gasteiger partial charge in [0, 0.05) is 18.6 Å². The Morgan fingerprint density at radius 3 is 2.54 bits per heavy atom. The number of guanidine groups is 1. The van der Waals surface area contributed by atoms with Crippen molar-refractivity contribution in [2.45, 2.75) is 65.5 Å². The number of nitrogens with one attached hydrogen (secondary N) is 1. The van der Waals surface area contributed by atoms with Crippen LogP contribution in [0.2, 0.25) is 0 Å². The normalized spacial score (nSPS) is 26.2. The predicted octanol–water partition coefficient (Wildman–Crippen LogP) is 2.13. The zero-order chi connectivity index (χ0) is 17.5. The fourth-order valence-electron chi connectivity index (χ4n) is 4.12. The molecule has 2 aliphatic heterocycles. The molecule has 0 spiro atoms. The Morgan fingerprint density at radius 1 is 1.21 bits per heavy atom. The molecule has 2 aliphatic rings. The smallest absolute Gasteiger partial charge is 0.188 e. The monoisotopic (exact) mass is 337 g/mol. The predicted molar refractivity (Wildman–Crippen MR) is 103 cm³/mol. The number of piperidine rings is 1. The van der Waals surface area contributed by atoms with E-state index in [9.17, 15) is 0 Å². The van der Waals surface area contributed by atoms with Crippen molar-refractivity contribution in [3.05, 3.63) is 0 Å². The lowest BCUT2D eigenvalue weighted by Gasteiger charge is -2.38. The summed E-state index contributed by atoms with van der Waals surface area (Å²) in [6.07, 6.45) is 5.21. The molecule has 0 aliphatic carbocycles. The van der Waals surface area contributed by atoms with E-state index in [1.807, 2.05) is 0 Å². The second kappa shape index (κ2) is 9.62. The van der Waals surface area contributed by atoms with Gasteiger partial charge in [-0.1, -0.05) is 27.7 Å². The third-order valence-corrected chi connectivity index (χ3v) is 5.93. The first-order chi connectivity index (χ1) is 11.5. The lowest BCUT2D eigenvalue weighted by atomic mass is 9.94. The second-order valence-electron chi connectivity index (χ2n) is 8.06. The fourth-order valence-corrected chi connectivity index (χ4v) is 4.12. The van der Waals surface area contributed by atoms with Gasteiger partial charge in [-0.25, -0.2) is 0 Å². The number of likely N-dealkylation sites (N-methyl/N-ethyl adjacent to an activating group) is 1. The first kappa shape index (κ1) is 19.5. The van der Waals surface area contributed by atoms with E-state index in [0.29, 0.717) is 24.0 Å². The molecule has 5 heteroatoms. The Balaban J connectivity index is 1.80. The molecule has 140 valence electrons. The highest BCUT2D eigenvalue weighted by atomic mass is 15.2. The van der Waals surface area contributed by atoms with E-state index in [4.69, 9.17) is 5.73 Å². The van der Waals surface area contributed by atoms with E-state index in [1.54, 1.807) is 0 Å². The molecule has 0 saturated carbocycles. The minimum Gasteiger partial charge on any atom is -0.370 e. The average molecular weight is 338 g/mol. The zero-order valence-electron chi connectivity index (χ0n) is 16.3. The highest BCUT2D eigenvalue weighted by molar-refractivity contribution is 5.77. The Hall–Kier alpha value is -0.810. The van der Waals surface area contributed by atoms with Crippen molar-refractivity contribution in [1.29, 1.82) is 0 Å². The van der Waals surface area contributed by atoms with Gasteiger partial charge in [-0.2, -0.15) is 0 Å². The number of nitrogens with two attached hydrogens (primary N) is 1. The van der Waals surface area contributed by atoms with Crippen molar-refractivity contribution >= 4 is 5.96 Å². The third kappa shape index (κ3) is 5.62. The summed E-state index contributed by atoms with van der Waals surface area (Å²) < 4.78 is 0. The van der Waals surface area contributed by atoms with E-state index in [0.717, 1.165) is 25.6 Å². The van der Waals surface area contributed by atoms with Crippen LogP contribution in [0.25, 0.3) is 0 Å². The van der Waals surface area contributed by atoms with Gasteiger partial charge in [0.1, 0.15) is 0 Å². The molecule has 3 N–H and O–H groups in total. The maximum Gasteiger partial charge on any atom is 0.188 e. The quantitative estimate of drug-likeness (QED) is 0.552. The molecule has 0 radical (unpaired) electrons. The molecule has 0 amide bonds. The Morgan fingerprint density at radius 2 is 1.92 bits per heavy atom. The van der Waals surface area contributed by atoms with Crippen molar-refractivity contribution in [3.8, 4) is 0 Å². The minimum atomic E-state index is 0.511. The van der Waals surface area contributed by atoms with Crippen LogP contribution in [0.15, 0.2) is 4.99 Å². The number of hydrogen-bond acceptors (Lipinski definition) is 3. The van der Waals surface area contributed by atoms with Crippen LogP contribution in [0, 0.1) is 11.8 Å². The summed E-state index contributed by atoms with van der Waals surface area (Å²) in [5.41, 5.74) is 6.14. The standard InChI is InChI=1S/C19H39N5/c1-5-23-10-6-7-17(23)13-21-19(20)22-14-18(15(2)3)24-11-8-16(4)9-12-24/h15-18H,5-14H2,1-4H3,(H3,20,21,22). The molecule has 2 saturated heterocycles. The summed E-state index contributed by atoms with van der Waals surface area (Å²) >= 11 is 0. The van der Waals surface area contributed by atoms with Crippen molar-refractivity contribution in [2.75, 3.05) is 39.3 Å². The Kier molecular flexibility index (Phi) is 7.82. The summed E-state index contributed by atoms with van der Waals surface area (Å²) in [4.78, 5) is 9.83. The lowest BCUT2D eigenvalue weighted by molar-refractivity contribution is 0.113. The second-order valence-corrected chi connectivity index (χ2v) is 8.06. The number of likely N-dealkylation sites (tertiary alicyclic amines) is 2. The number of rotatable bonds is 7. The summed E-state index contributed by atoms with van der Waals surface area (Å²) in [5, 5.41) is 3.36. The van der Waals surface area contributed by atoms with E-state index in [-0.39, 0.29) is 0 Å². The van der Waals surface area contributed by atoms with Crippen molar-refractivity contribution in [3.63, 3.8) is 0 Å². The molecule has 2 atom stereocenters. The summed E-state index contributed by atoms with van der Waals surface area (Å²) in [7, 11) is 0.